The van der Waals surface area contributed by atoms with E-state index in [0.29, 0.717) is 39.1 Å². The molecule has 1 aromatic heterocycles. The van der Waals surface area contributed by atoms with Crippen LogP contribution in [-0.2, 0) is 15.5 Å². The van der Waals surface area contributed by atoms with Crippen LogP contribution in [0.15, 0.2) is 30.3 Å². The molecule has 2 N–H and O–H groups in total. The van der Waals surface area contributed by atoms with Crippen LogP contribution >= 0.6 is 7.14 Å². The number of carbonyl (C=O) groups is 1. The molecule has 0 fully saturated rings. The van der Waals surface area contributed by atoms with E-state index in [4.69, 9.17) is 0 Å². The maximum atomic E-state index is 13.4. The highest BCUT2D eigenvalue weighted by Gasteiger charge is 2.33. The Morgan fingerprint density at radius 2 is 1.79 bits per heavy atom. The summed E-state index contributed by atoms with van der Waals surface area (Å²) >= 11 is 0. The number of halogens is 3. The first-order chi connectivity index (χ1) is 15.2. The van der Waals surface area contributed by atoms with Gasteiger partial charge in [0, 0.05) is 17.6 Å². The van der Waals surface area contributed by atoms with Crippen LogP contribution in [0, 0.1) is 13.8 Å². The van der Waals surface area contributed by atoms with Crippen molar-refractivity contribution in [2.75, 3.05) is 24.0 Å². The number of amides is 1. The minimum Gasteiger partial charge on any atom is -0.363 e. The molecule has 1 atom stereocenters. The van der Waals surface area contributed by atoms with E-state index in [1.54, 1.807) is 45.4 Å². The number of aryl methyl sites for hydroxylation is 1. The maximum absolute atomic E-state index is 13.4. The third-order valence-corrected chi connectivity index (χ3v) is 6.85. The van der Waals surface area contributed by atoms with E-state index in [1.807, 2.05) is 0 Å². The molecule has 6 nitrogen and oxygen atoms in total. The summed E-state index contributed by atoms with van der Waals surface area (Å²) < 4.78 is 53.0. The molecule has 0 unspecified atom stereocenters. The molecule has 0 aliphatic carbocycles. The van der Waals surface area contributed by atoms with Gasteiger partial charge in [-0.1, -0.05) is 12.1 Å². The van der Waals surface area contributed by atoms with E-state index in [-0.39, 0.29) is 11.5 Å². The fourth-order valence-corrected chi connectivity index (χ4v) is 4.98. The highest BCUT2D eigenvalue weighted by Crippen LogP contribution is 2.40. The predicted octanol–water partition coefficient (Wildman–Crippen LogP) is 5.64. The van der Waals surface area contributed by atoms with Crippen LogP contribution in [0.25, 0.3) is 10.9 Å². The lowest BCUT2D eigenvalue weighted by molar-refractivity contribution is -0.138. The van der Waals surface area contributed by atoms with Gasteiger partial charge in [-0.25, -0.2) is 9.97 Å². The summed E-state index contributed by atoms with van der Waals surface area (Å²) in [6, 6.07) is 6.91. The van der Waals surface area contributed by atoms with Gasteiger partial charge in [0.2, 0.25) is 5.91 Å². The van der Waals surface area contributed by atoms with Crippen LogP contribution in [-0.4, -0.2) is 29.2 Å². The minimum absolute atomic E-state index is 0.139. The van der Waals surface area contributed by atoms with Gasteiger partial charge in [0.25, 0.3) is 0 Å². The summed E-state index contributed by atoms with van der Waals surface area (Å²) in [4.78, 5) is 20.6. The van der Waals surface area contributed by atoms with Gasteiger partial charge >= 0.3 is 6.18 Å². The Hall–Kier alpha value is -2.93. The Labute approximate surface area is 190 Å². The zero-order valence-electron chi connectivity index (χ0n) is 19.3. The molecule has 0 radical (unpaired) electrons. The van der Waals surface area contributed by atoms with Crippen molar-refractivity contribution in [3.8, 4) is 0 Å². The van der Waals surface area contributed by atoms with Crippen molar-refractivity contribution < 1.29 is 22.5 Å². The summed E-state index contributed by atoms with van der Waals surface area (Å²) in [6.45, 7) is 9.44. The van der Waals surface area contributed by atoms with Crippen LogP contribution in [0.2, 0.25) is 0 Å². The van der Waals surface area contributed by atoms with Gasteiger partial charge in [0.15, 0.2) is 0 Å². The monoisotopic (exact) mass is 478 g/mol. The first-order valence-corrected chi connectivity index (χ1v) is 12.9. The van der Waals surface area contributed by atoms with Crippen LogP contribution in [0.4, 0.5) is 24.7 Å². The molecular weight excluding hydrogens is 452 g/mol. The number of anilines is 2. The van der Waals surface area contributed by atoms with Crippen LogP contribution in [0.3, 0.4) is 0 Å². The SMILES string of the molecule is CC(=O)Nc1cc2nc(C)nc(N[C@H](C)c3cccc(C(F)(F)F)c3C)c2cc1P(C)(C)=O. The molecule has 10 heteroatoms. The third-order valence-electron chi connectivity index (χ3n) is 5.32. The van der Waals surface area contributed by atoms with Gasteiger partial charge < -0.3 is 15.2 Å². The highest BCUT2D eigenvalue weighted by molar-refractivity contribution is 7.70. The topological polar surface area (TPSA) is 84.0 Å². The number of nitrogens with one attached hydrogen (secondary N) is 2. The molecule has 0 saturated carbocycles. The van der Waals surface area contributed by atoms with E-state index >= 15 is 0 Å². The van der Waals surface area contributed by atoms with Crippen molar-refractivity contribution >= 4 is 40.8 Å². The third kappa shape index (κ3) is 5.36. The Morgan fingerprint density at radius 1 is 1.12 bits per heavy atom. The highest BCUT2D eigenvalue weighted by atomic mass is 31.2. The first-order valence-electron chi connectivity index (χ1n) is 10.3. The van der Waals surface area contributed by atoms with Crippen molar-refractivity contribution in [3.63, 3.8) is 0 Å². The molecule has 0 aliphatic heterocycles. The van der Waals surface area contributed by atoms with E-state index < -0.39 is 24.9 Å². The summed E-state index contributed by atoms with van der Waals surface area (Å²) in [6.07, 6.45) is -4.45. The minimum atomic E-state index is -4.45. The predicted molar refractivity (Wildman–Crippen MR) is 126 cm³/mol. The number of hydrogen-bond donors (Lipinski definition) is 2. The molecule has 0 aliphatic rings. The van der Waals surface area contributed by atoms with Crippen molar-refractivity contribution in [2.45, 2.75) is 39.9 Å². The zero-order chi connectivity index (χ0) is 24.7. The van der Waals surface area contributed by atoms with Gasteiger partial charge in [-0.2, -0.15) is 13.2 Å². The van der Waals surface area contributed by atoms with Gasteiger partial charge in [0.1, 0.15) is 18.8 Å². The second kappa shape index (κ2) is 8.78. The second-order valence-electron chi connectivity index (χ2n) is 8.42. The number of rotatable bonds is 5. The number of fused-ring (bicyclic) bond motifs is 1. The van der Waals surface area contributed by atoms with E-state index in [1.165, 1.54) is 19.9 Å². The lowest BCUT2D eigenvalue weighted by Gasteiger charge is -2.22. The summed E-state index contributed by atoms with van der Waals surface area (Å²) in [5.41, 5.74) is 0.868. The van der Waals surface area contributed by atoms with Crippen LogP contribution < -0.4 is 15.9 Å². The number of benzene rings is 2. The van der Waals surface area contributed by atoms with E-state index in [2.05, 4.69) is 20.6 Å². The second-order valence-corrected chi connectivity index (χ2v) is 11.6. The first kappa shape index (κ1) is 24.7. The Balaban J connectivity index is 2.14. The molecule has 33 heavy (non-hydrogen) atoms. The van der Waals surface area contributed by atoms with E-state index in [0.717, 1.165) is 6.07 Å². The maximum Gasteiger partial charge on any atom is 0.416 e. The lowest BCUT2D eigenvalue weighted by atomic mass is 9.97. The standard InChI is InChI=1S/C23H26F3N4O2P/c1-12-16(8-7-9-18(12)23(24,25)26)13(2)27-22-17-10-21(33(5,6)32)20(30-15(4)31)11-19(17)28-14(3)29-22/h7-11,13H,1-6H3,(H,30,31)(H,27,28,29)/t13-/m1/s1. The number of aromatic nitrogens is 2. The molecule has 3 rings (SSSR count). The average molecular weight is 478 g/mol. The largest absolute Gasteiger partial charge is 0.416 e. The smallest absolute Gasteiger partial charge is 0.363 e. The molecule has 0 spiro atoms. The van der Waals surface area contributed by atoms with Gasteiger partial charge in [-0.3, -0.25) is 4.79 Å². The molecule has 2 aromatic carbocycles. The lowest BCUT2D eigenvalue weighted by Crippen LogP contribution is -2.17. The Morgan fingerprint density at radius 3 is 2.36 bits per heavy atom. The Kier molecular flexibility index (Phi) is 6.58. The molecule has 1 amide bonds. The molecule has 3 aromatic rings. The van der Waals surface area contributed by atoms with Gasteiger partial charge in [0.05, 0.1) is 22.8 Å². The fourth-order valence-electron chi connectivity index (χ4n) is 3.84. The zero-order valence-corrected chi connectivity index (χ0v) is 20.2. The summed E-state index contributed by atoms with van der Waals surface area (Å²) in [5, 5.41) is 6.93. The Bertz CT molecular complexity index is 1280. The molecular formula is C23H26F3N4O2P. The van der Waals surface area contributed by atoms with Gasteiger partial charge in [-0.15, -0.1) is 0 Å². The molecule has 0 saturated heterocycles. The van der Waals surface area contributed by atoms with Crippen molar-refractivity contribution in [3.05, 3.63) is 52.8 Å². The van der Waals surface area contributed by atoms with Crippen LogP contribution in [0.1, 0.15) is 42.4 Å². The van der Waals surface area contributed by atoms with Crippen molar-refractivity contribution in [1.82, 2.24) is 9.97 Å². The number of carbonyl (C=O) groups excluding carboxylic acids is 1. The fraction of sp³-hybridized carbons (Fsp3) is 0.348. The molecule has 1 heterocycles. The molecule has 176 valence electrons. The van der Waals surface area contributed by atoms with Gasteiger partial charge in [-0.05, 0) is 63.4 Å². The average Bonchev–Trinajstić information content (AvgIpc) is 2.65. The quantitative estimate of drug-likeness (QED) is 0.464. The number of hydrogen-bond acceptors (Lipinski definition) is 5. The summed E-state index contributed by atoms with van der Waals surface area (Å²) in [5.74, 6) is 0.545. The van der Waals surface area contributed by atoms with Crippen LogP contribution in [0.5, 0.6) is 0 Å². The summed E-state index contributed by atoms with van der Waals surface area (Å²) in [7, 11) is -2.80. The molecule has 0 bridgehead atoms. The van der Waals surface area contributed by atoms with Crippen molar-refractivity contribution in [2.24, 2.45) is 0 Å². The normalized spacial score (nSPS) is 13.1. The van der Waals surface area contributed by atoms with E-state index in [9.17, 15) is 22.5 Å². The number of nitrogens with zero attached hydrogens (tertiary/aromatic N) is 2. The van der Waals surface area contributed by atoms with Crippen molar-refractivity contribution in [1.29, 1.82) is 0 Å². The number of alkyl halides is 3.